The van der Waals surface area contributed by atoms with Gasteiger partial charge in [0, 0.05) is 23.7 Å². The minimum Gasteiger partial charge on any atom is -0.497 e. The van der Waals surface area contributed by atoms with Crippen molar-refractivity contribution in [3.63, 3.8) is 0 Å². The minimum absolute atomic E-state index is 0.0784. The summed E-state index contributed by atoms with van der Waals surface area (Å²) in [7, 11) is 3.14. The van der Waals surface area contributed by atoms with Crippen molar-refractivity contribution in [1.29, 1.82) is 0 Å². The normalized spacial score (nSPS) is 15.5. The molecule has 1 N–H and O–H groups in total. The van der Waals surface area contributed by atoms with E-state index < -0.39 is 0 Å². The first-order chi connectivity index (χ1) is 16.6. The molecule has 174 valence electrons. The Balaban J connectivity index is 1.40. The Kier molecular flexibility index (Phi) is 7.49. The van der Waals surface area contributed by atoms with Gasteiger partial charge in [0.15, 0.2) is 0 Å². The number of nitrogens with one attached hydrogen (secondary N) is 1. The predicted molar refractivity (Wildman–Crippen MR) is 133 cm³/mol. The molecule has 8 heteroatoms. The van der Waals surface area contributed by atoms with Crippen molar-refractivity contribution in [3.8, 4) is 11.5 Å². The van der Waals surface area contributed by atoms with Crippen LogP contribution in [0.5, 0.6) is 11.5 Å². The molecule has 1 saturated heterocycles. The number of ether oxygens (including phenoxy) is 2. The van der Waals surface area contributed by atoms with Gasteiger partial charge in [-0.25, -0.2) is 5.43 Å². The van der Waals surface area contributed by atoms with Crippen LogP contribution in [-0.4, -0.2) is 42.9 Å². The number of methoxy groups -OCH3 is 2. The van der Waals surface area contributed by atoms with E-state index in [2.05, 4.69) is 10.5 Å². The first-order valence-corrected chi connectivity index (χ1v) is 11.7. The molecule has 0 bridgehead atoms. The highest BCUT2D eigenvalue weighted by molar-refractivity contribution is 8.00. The highest BCUT2D eigenvalue weighted by Crippen LogP contribution is 2.39. The van der Waals surface area contributed by atoms with Crippen LogP contribution in [0.3, 0.4) is 0 Å². The molecule has 1 aliphatic heterocycles. The van der Waals surface area contributed by atoms with E-state index in [-0.39, 0.29) is 17.2 Å². The Morgan fingerprint density at radius 1 is 1.09 bits per heavy atom. The highest BCUT2D eigenvalue weighted by atomic mass is 32.2. The second kappa shape index (κ2) is 10.9. The molecule has 34 heavy (non-hydrogen) atoms. The summed E-state index contributed by atoms with van der Waals surface area (Å²) >= 11 is 1.59. The van der Waals surface area contributed by atoms with E-state index in [0.717, 1.165) is 11.1 Å². The lowest BCUT2D eigenvalue weighted by Gasteiger charge is -2.24. The average Bonchev–Trinajstić information content (AvgIpc) is 3.24. The first-order valence-electron chi connectivity index (χ1n) is 10.7. The molecule has 3 aromatic carbocycles. The molecule has 3 aromatic rings. The average molecular weight is 476 g/mol. The Hall–Kier alpha value is -3.78. The second-order valence-corrected chi connectivity index (χ2v) is 8.67. The maximum Gasteiger partial charge on any atom is 0.271 e. The summed E-state index contributed by atoms with van der Waals surface area (Å²) in [5.74, 6) is 1.49. The van der Waals surface area contributed by atoms with E-state index in [9.17, 15) is 9.59 Å². The van der Waals surface area contributed by atoms with Crippen LogP contribution in [0.4, 0.5) is 0 Å². The van der Waals surface area contributed by atoms with Gasteiger partial charge in [-0.3, -0.25) is 9.59 Å². The maximum atomic E-state index is 12.5. The van der Waals surface area contributed by atoms with Crippen LogP contribution in [0.1, 0.15) is 32.4 Å². The molecule has 0 radical (unpaired) electrons. The van der Waals surface area contributed by atoms with Gasteiger partial charge < -0.3 is 14.4 Å². The highest BCUT2D eigenvalue weighted by Gasteiger charge is 2.32. The van der Waals surface area contributed by atoms with Crippen molar-refractivity contribution in [3.05, 3.63) is 95.1 Å². The van der Waals surface area contributed by atoms with Gasteiger partial charge in [-0.15, -0.1) is 11.8 Å². The van der Waals surface area contributed by atoms with E-state index in [0.29, 0.717) is 34.9 Å². The fourth-order valence-electron chi connectivity index (χ4n) is 3.63. The summed E-state index contributed by atoms with van der Waals surface area (Å²) in [5.41, 5.74) is 5.80. The Bertz CT molecular complexity index is 1180. The summed E-state index contributed by atoms with van der Waals surface area (Å²) in [5, 5.41) is 3.97. The zero-order chi connectivity index (χ0) is 23.9. The molecule has 2 amide bonds. The summed E-state index contributed by atoms with van der Waals surface area (Å²) < 4.78 is 10.5. The lowest BCUT2D eigenvalue weighted by molar-refractivity contribution is -0.128. The molecule has 0 saturated carbocycles. The standard InChI is InChI=1S/C26H25N3O4S/c1-32-22-13-12-21(23(14-22)33-2)15-27-28-25(31)19-8-10-20(11-9-19)26-29(24(30)17-34-26)16-18-6-4-3-5-7-18/h3-15,26H,16-17H2,1-2H3,(H,28,31)/b27-15-/t26-/m1/s1. The molecule has 1 heterocycles. The summed E-state index contributed by atoms with van der Waals surface area (Å²) in [4.78, 5) is 26.9. The topological polar surface area (TPSA) is 80.2 Å². The molecule has 0 aliphatic carbocycles. The summed E-state index contributed by atoms with van der Waals surface area (Å²) in [6.07, 6.45) is 1.52. The molecule has 1 aliphatic rings. The van der Waals surface area contributed by atoms with Crippen molar-refractivity contribution < 1.29 is 19.1 Å². The fraction of sp³-hybridized carbons (Fsp3) is 0.192. The monoisotopic (exact) mass is 475 g/mol. The molecule has 0 aromatic heterocycles. The molecule has 1 atom stereocenters. The number of nitrogens with zero attached hydrogens (tertiary/aromatic N) is 2. The van der Waals surface area contributed by atoms with Gasteiger partial charge >= 0.3 is 0 Å². The van der Waals surface area contributed by atoms with Crippen LogP contribution in [0, 0.1) is 0 Å². The summed E-state index contributed by atoms with van der Waals surface area (Å²) in [6, 6.07) is 22.5. The third kappa shape index (κ3) is 5.40. The van der Waals surface area contributed by atoms with E-state index >= 15 is 0 Å². The van der Waals surface area contributed by atoms with Crippen molar-refractivity contribution in [2.75, 3.05) is 20.0 Å². The van der Waals surface area contributed by atoms with Crippen LogP contribution >= 0.6 is 11.8 Å². The van der Waals surface area contributed by atoms with Crippen LogP contribution in [0.15, 0.2) is 77.9 Å². The van der Waals surface area contributed by atoms with E-state index in [1.807, 2.05) is 47.4 Å². The number of amides is 2. The fourth-order valence-corrected chi connectivity index (χ4v) is 4.82. The number of hydrogen-bond donors (Lipinski definition) is 1. The van der Waals surface area contributed by atoms with Crippen LogP contribution in [0.2, 0.25) is 0 Å². The van der Waals surface area contributed by atoms with Gasteiger partial charge in [-0.1, -0.05) is 42.5 Å². The number of hydrogen-bond acceptors (Lipinski definition) is 6. The van der Waals surface area contributed by atoms with Crippen molar-refractivity contribution >= 4 is 29.8 Å². The maximum absolute atomic E-state index is 12.5. The lowest BCUT2D eigenvalue weighted by atomic mass is 10.1. The molecule has 0 spiro atoms. The van der Waals surface area contributed by atoms with Crippen molar-refractivity contribution in [1.82, 2.24) is 10.3 Å². The number of thioether (sulfide) groups is 1. The second-order valence-electron chi connectivity index (χ2n) is 7.60. The largest absolute Gasteiger partial charge is 0.497 e. The quantitative estimate of drug-likeness (QED) is 0.389. The Morgan fingerprint density at radius 3 is 2.56 bits per heavy atom. The molecular weight excluding hydrogens is 450 g/mol. The number of carbonyl (C=O) groups is 2. The van der Waals surface area contributed by atoms with Crippen LogP contribution < -0.4 is 14.9 Å². The third-order valence-corrected chi connectivity index (χ3v) is 6.69. The molecule has 0 unspecified atom stereocenters. The van der Waals surface area contributed by atoms with Crippen molar-refractivity contribution in [2.24, 2.45) is 5.10 Å². The number of hydrazone groups is 1. The first kappa shape index (κ1) is 23.4. The number of benzene rings is 3. The van der Waals surface area contributed by atoms with Gasteiger partial charge in [0.25, 0.3) is 5.91 Å². The van der Waals surface area contributed by atoms with Crippen LogP contribution in [0.25, 0.3) is 0 Å². The minimum atomic E-state index is -0.327. The zero-order valence-electron chi connectivity index (χ0n) is 18.9. The Morgan fingerprint density at radius 2 is 1.85 bits per heavy atom. The third-order valence-electron chi connectivity index (χ3n) is 5.43. The smallest absolute Gasteiger partial charge is 0.271 e. The van der Waals surface area contributed by atoms with E-state index in [1.165, 1.54) is 6.21 Å². The van der Waals surface area contributed by atoms with Gasteiger partial charge in [-0.05, 0) is 35.4 Å². The van der Waals surface area contributed by atoms with Gasteiger partial charge in [0.2, 0.25) is 5.91 Å². The Labute approximate surface area is 202 Å². The molecule has 4 rings (SSSR count). The van der Waals surface area contributed by atoms with Crippen molar-refractivity contribution in [2.45, 2.75) is 11.9 Å². The lowest BCUT2D eigenvalue weighted by Crippen LogP contribution is -2.27. The van der Waals surface area contributed by atoms with Gasteiger partial charge in [0.1, 0.15) is 16.9 Å². The summed E-state index contributed by atoms with van der Waals surface area (Å²) in [6.45, 7) is 0.559. The molecule has 7 nitrogen and oxygen atoms in total. The molecule has 1 fully saturated rings. The van der Waals surface area contributed by atoms with Crippen LogP contribution in [-0.2, 0) is 11.3 Å². The van der Waals surface area contributed by atoms with Gasteiger partial charge in [0.05, 0.1) is 26.2 Å². The van der Waals surface area contributed by atoms with E-state index in [4.69, 9.17) is 9.47 Å². The SMILES string of the molecule is COc1ccc(/C=N\NC(=O)c2ccc([C@H]3SCC(=O)N3Cc3ccccc3)cc2)c(OC)c1. The zero-order valence-corrected chi connectivity index (χ0v) is 19.7. The number of carbonyl (C=O) groups excluding carboxylic acids is 2. The number of rotatable bonds is 8. The molecular formula is C26H25N3O4S. The predicted octanol–water partition coefficient (Wildman–Crippen LogP) is 4.24. The van der Waals surface area contributed by atoms with Gasteiger partial charge in [-0.2, -0.15) is 5.10 Å². The van der Waals surface area contributed by atoms with E-state index in [1.54, 1.807) is 56.3 Å².